The second-order valence-corrected chi connectivity index (χ2v) is 7.73. The fraction of sp³-hybridized carbons (Fsp3) is 0.778. The van der Waals surface area contributed by atoms with Gasteiger partial charge in [0.25, 0.3) is 0 Å². The van der Waals surface area contributed by atoms with E-state index in [-0.39, 0.29) is 11.3 Å². The number of aromatic nitrogens is 1. The third-order valence-corrected chi connectivity index (χ3v) is 5.01. The molecule has 1 fully saturated rings. The van der Waals surface area contributed by atoms with Crippen molar-refractivity contribution in [2.24, 2.45) is 11.3 Å². The van der Waals surface area contributed by atoms with E-state index >= 15 is 0 Å². The van der Waals surface area contributed by atoms with Crippen LogP contribution >= 0.6 is 0 Å². The van der Waals surface area contributed by atoms with E-state index in [9.17, 15) is 4.79 Å². The van der Waals surface area contributed by atoms with Gasteiger partial charge >= 0.3 is 0 Å². The summed E-state index contributed by atoms with van der Waals surface area (Å²) in [5.74, 6) is 1.56. The third kappa shape index (κ3) is 4.11. The lowest BCUT2D eigenvalue weighted by atomic mass is 9.69. The van der Waals surface area contributed by atoms with Crippen molar-refractivity contribution in [2.75, 3.05) is 0 Å². The number of aryl methyl sites for hydroxylation is 2. The fourth-order valence-electron chi connectivity index (χ4n) is 3.72. The molecule has 124 valence electrons. The summed E-state index contributed by atoms with van der Waals surface area (Å²) < 4.78 is 5.16. The number of nitrogens with zero attached hydrogens (tertiary/aromatic N) is 1. The molecule has 0 aromatic carbocycles. The summed E-state index contributed by atoms with van der Waals surface area (Å²) in [5.41, 5.74) is 2.22. The van der Waals surface area contributed by atoms with Gasteiger partial charge in [-0.2, -0.15) is 0 Å². The van der Waals surface area contributed by atoms with Crippen LogP contribution in [0.4, 0.5) is 0 Å². The molecule has 22 heavy (non-hydrogen) atoms. The normalized spacial score (nSPS) is 22.6. The smallest absolute Gasteiger partial charge is 0.220 e. The van der Waals surface area contributed by atoms with Crippen LogP contribution in [-0.2, 0) is 11.2 Å². The molecule has 1 N–H and O–H groups in total. The van der Waals surface area contributed by atoms with Crippen molar-refractivity contribution in [2.45, 2.75) is 79.2 Å². The van der Waals surface area contributed by atoms with Gasteiger partial charge in [0, 0.05) is 18.0 Å². The minimum Gasteiger partial charge on any atom is -0.361 e. The molecule has 4 nitrogen and oxygen atoms in total. The Morgan fingerprint density at radius 3 is 2.55 bits per heavy atom. The maximum atomic E-state index is 12.3. The number of nitrogens with one attached hydrogen (secondary N) is 1. The predicted octanol–water partition coefficient (Wildman–Crippen LogP) is 3.95. The topological polar surface area (TPSA) is 55.1 Å². The van der Waals surface area contributed by atoms with Crippen molar-refractivity contribution < 1.29 is 9.32 Å². The Morgan fingerprint density at radius 1 is 1.27 bits per heavy atom. The van der Waals surface area contributed by atoms with E-state index in [2.05, 4.69) is 31.2 Å². The summed E-state index contributed by atoms with van der Waals surface area (Å²) in [5, 5.41) is 7.23. The molecule has 2 rings (SSSR count). The van der Waals surface area contributed by atoms with Gasteiger partial charge in [-0.15, -0.1) is 0 Å². The average Bonchev–Trinajstić information content (AvgIpc) is 2.75. The predicted molar refractivity (Wildman–Crippen MR) is 87.6 cm³/mol. The van der Waals surface area contributed by atoms with Crippen LogP contribution in [0.15, 0.2) is 4.52 Å². The lowest BCUT2D eigenvalue weighted by molar-refractivity contribution is -0.122. The summed E-state index contributed by atoms with van der Waals surface area (Å²) in [6.07, 6.45) is 6.06. The van der Waals surface area contributed by atoms with Crippen LogP contribution in [0.2, 0.25) is 0 Å². The van der Waals surface area contributed by atoms with E-state index in [1.165, 1.54) is 19.3 Å². The molecule has 0 spiro atoms. The molecule has 2 unspecified atom stereocenters. The summed E-state index contributed by atoms with van der Waals surface area (Å²) in [6.45, 7) is 10.7. The average molecular weight is 306 g/mol. The summed E-state index contributed by atoms with van der Waals surface area (Å²) in [4.78, 5) is 12.3. The second-order valence-electron chi connectivity index (χ2n) is 7.73. The summed E-state index contributed by atoms with van der Waals surface area (Å²) in [6, 6.07) is 0.325. The van der Waals surface area contributed by atoms with E-state index in [0.29, 0.717) is 24.8 Å². The van der Waals surface area contributed by atoms with Gasteiger partial charge in [-0.1, -0.05) is 38.8 Å². The van der Waals surface area contributed by atoms with Crippen molar-refractivity contribution in [1.82, 2.24) is 10.5 Å². The van der Waals surface area contributed by atoms with Gasteiger partial charge in [0.1, 0.15) is 5.76 Å². The van der Waals surface area contributed by atoms with Crippen molar-refractivity contribution in [3.8, 4) is 0 Å². The van der Waals surface area contributed by atoms with E-state index in [1.807, 2.05) is 13.8 Å². The van der Waals surface area contributed by atoms with Crippen molar-refractivity contribution in [1.29, 1.82) is 0 Å². The van der Waals surface area contributed by atoms with Gasteiger partial charge in [-0.05, 0) is 44.4 Å². The molecule has 1 aliphatic carbocycles. The fourth-order valence-corrected chi connectivity index (χ4v) is 3.72. The Bertz CT molecular complexity index is 494. The third-order valence-electron chi connectivity index (χ3n) is 5.01. The van der Waals surface area contributed by atoms with Gasteiger partial charge in [-0.25, -0.2) is 0 Å². The molecule has 1 heterocycles. The number of hydrogen-bond acceptors (Lipinski definition) is 3. The maximum absolute atomic E-state index is 12.3. The van der Waals surface area contributed by atoms with Crippen molar-refractivity contribution in [3.63, 3.8) is 0 Å². The second kappa shape index (κ2) is 6.84. The van der Waals surface area contributed by atoms with E-state index in [0.717, 1.165) is 23.4 Å². The number of carbonyl (C=O) groups excluding carboxylic acids is 1. The maximum Gasteiger partial charge on any atom is 0.220 e. The van der Waals surface area contributed by atoms with Crippen LogP contribution in [0.5, 0.6) is 0 Å². The molecule has 0 aliphatic heterocycles. The number of amides is 1. The highest BCUT2D eigenvalue weighted by Gasteiger charge is 2.34. The van der Waals surface area contributed by atoms with E-state index in [4.69, 9.17) is 4.52 Å². The van der Waals surface area contributed by atoms with Gasteiger partial charge in [0.15, 0.2) is 0 Å². The Hall–Kier alpha value is -1.32. The number of rotatable bonds is 4. The summed E-state index contributed by atoms with van der Waals surface area (Å²) >= 11 is 0. The molecule has 4 heteroatoms. The van der Waals surface area contributed by atoms with Crippen LogP contribution in [0.1, 0.15) is 69.9 Å². The van der Waals surface area contributed by atoms with Crippen LogP contribution < -0.4 is 5.32 Å². The molecule has 1 saturated carbocycles. The molecule has 2 atom stereocenters. The zero-order chi connectivity index (χ0) is 16.3. The summed E-state index contributed by atoms with van der Waals surface area (Å²) in [7, 11) is 0. The zero-order valence-corrected chi connectivity index (χ0v) is 14.7. The van der Waals surface area contributed by atoms with Crippen LogP contribution in [-0.4, -0.2) is 17.1 Å². The van der Waals surface area contributed by atoms with Crippen molar-refractivity contribution >= 4 is 5.91 Å². The molecule has 0 radical (unpaired) electrons. The zero-order valence-electron chi connectivity index (χ0n) is 14.7. The first kappa shape index (κ1) is 17.0. The Morgan fingerprint density at radius 2 is 1.95 bits per heavy atom. The van der Waals surface area contributed by atoms with Gasteiger partial charge in [0.05, 0.1) is 5.69 Å². The Kier molecular flexibility index (Phi) is 5.30. The molecule has 1 aromatic rings. The number of carbonyl (C=O) groups is 1. The van der Waals surface area contributed by atoms with Gasteiger partial charge in [0.2, 0.25) is 5.91 Å². The first-order chi connectivity index (χ1) is 10.3. The minimum absolute atomic E-state index is 0.154. The highest BCUT2D eigenvalue weighted by Crippen LogP contribution is 2.38. The quantitative estimate of drug-likeness (QED) is 0.916. The van der Waals surface area contributed by atoms with Crippen LogP contribution in [0, 0.1) is 25.2 Å². The Balaban J connectivity index is 1.90. The molecule has 1 aromatic heterocycles. The monoisotopic (exact) mass is 306 g/mol. The molecule has 0 bridgehead atoms. The SMILES string of the molecule is Cc1noc(C)c1CCC(=O)NC1CCCCC1C(C)(C)C. The standard InChI is InChI=1S/C18H30N2O2/c1-12-14(13(2)22-20-12)10-11-17(21)19-16-9-7-6-8-15(16)18(3,4)5/h15-16H,6-11H2,1-5H3,(H,19,21). The van der Waals surface area contributed by atoms with E-state index in [1.54, 1.807) is 0 Å². The molecule has 1 amide bonds. The van der Waals surface area contributed by atoms with Gasteiger partial charge in [-0.3, -0.25) is 4.79 Å². The van der Waals surface area contributed by atoms with Crippen LogP contribution in [0.25, 0.3) is 0 Å². The molecule has 1 aliphatic rings. The lowest BCUT2D eigenvalue weighted by Crippen LogP contribution is -2.46. The molecule has 0 saturated heterocycles. The Labute approximate surface area is 134 Å². The molecular weight excluding hydrogens is 276 g/mol. The van der Waals surface area contributed by atoms with Gasteiger partial charge < -0.3 is 9.84 Å². The first-order valence-electron chi connectivity index (χ1n) is 8.50. The highest BCUT2D eigenvalue weighted by atomic mass is 16.5. The largest absolute Gasteiger partial charge is 0.361 e. The van der Waals surface area contributed by atoms with E-state index < -0.39 is 0 Å². The lowest BCUT2D eigenvalue weighted by Gasteiger charge is -2.40. The van der Waals surface area contributed by atoms with Crippen molar-refractivity contribution in [3.05, 3.63) is 17.0 Å². The minimum atomic E-state index is 0.154. The number of hydrogen-bond donors (Lipinski definition) is 1. The highest BCUT2D eigenvalue weighted by molar-refractivity contribution is 5.76. The van der Waals surface area contributed by atoms with Crippen LogP contribution in [0.3, 0.4) is 0 Å². The first-order valence-corrected chi connectivity index (χ1v) is 8.50. The molecular formula is C18H30N2O2.